The van der Waals surface area contributed by atoms with Gasteiger partial charge in [0.2, 0.25) is 0 Å². The summed E-state index contributed by atoms with van der Waals surface area (Å²) in [5.74, 6) is -0.923. The minimum Gasteiger partial charge on any atom is -0.481 e. The van der Waals surface area contributed by atoms with E-state index in [9.17, 15) is 14.9 Å². The maximum atomic E-state index is 10.5. The van der Waals surface area contributed by atoms with Crippen molar-refractivity contribution >= 4 is 28.9 Å². The van der Waals surface area contributed by atoms with Crippen molar-refractivity contribution in [1.82, 2.24) is 0 Å². The van der Waals surface area contributed by atoms with E-state index < -0.39 is 10.9 Å². The highest BCUT2D eigenvalue weighted by Crippen LogP contribution is 2.26. The second kappa shape index (κ2) is 6.20. The molecule has 6 nitrogen and oxygen atoms in total. The van der Waals surface area contributed by atoms with Crippen LogP contribution in [0, 0.1) is 16.0 Å². The Morgan fingerprint density at radius 1 is 1.61 bits per heavy atom. The molecule has 0 fully saturated rings. The summed E-state index contributed by atoms with van der Waals surface area (Å²) < 4.78 is 0. The number of aliphatic carboxylic acids is 1. The standard InChI is InChI=1S/C11H13ClN2O4/c1-7(4-11(15)16)6-13-10-3-2-8(14(17)18)5-9(10)12/h2-3,5,7,13H,4,6H2,1H3,(H,15,16). The molecule has 1 unspecified atom stereocenters. The second-order valence-corrected chi connectivity index (χ2v) is 4.41. The molecule has 1 aromatic rings. The number of carbonyl (C=O) groups is 1. The van der Waals surface area contributed by atoms with Gasteiger partial charge in [-0.1, -0.05) is 18.5 Å². The van der Waals surface area contributed by atoms with Crippen LogP contribution >= 0.6 is 11.6 Å². The zero-order valence-corrected chi connectivity index (χ0v) is 10.5. The molecule has 1 aromatic carbocycles. The van der Waals surface area contributed by atoms with Crippen LogP contribution in [0.1, 0.15) is 13.3 Å². The van der Waals surface area contributed by atoms with Crippen LogP contribution in [0.2, 0.25) is 5.02 Å². The van der Waals surface area contributed by atoms with Gasteiger partial charge in [0.15, 0.2) is 0 Å². The number of nitrogens with zero attached hydrogens (tertiary/aromatic N) is 1. The summed E-state index contributed by atoms with van der Waals surface area (Å²) >= 11 is 5.88. The first kappa shape index (κ1) is 14.2. The zero-order chi connectivity index (χ0) is 13.7. The van der Waals surface area contributed by atoms with Gasteiger partial charge in [-0.25, -0.2) is 0 Å². The number of hydrogen-bond acceptors (Lipinski definition) is 4. The van der Waals surface area contributed by atoms with E-state index in [2.05, 4.69) is 5.32 Å². The molecule has 0 amide bonds. The third kappa shape index (κ3) is 4.21. The summed E-state index contributed by atoms with van der Waals surface area (Å²) in [6.45, 7) is 2.23. The molecule has 0 heterocycles. The smallest absolute Gasteiger partial charge is 0.303 e. The fraction of sp³-hybridized carbons (Fsp3) is 0.364. The molecule has 2 N–H and O–H groups in total. The molecule has 0 spiro atoms. The topological polar surface area (TPSA) is 92.5 Å². The molecule has 18 heavy (non-hydrogen) atoms. The van der Waals surface area contributed by atoms with E-state index in [1.165, 1.54) is 18.2 Å². The number of nitro groups is 1. The Morgan fingerprint density at radius 2 is 2.28 bits per heavy atom. The van der Waals surface area contributed by atoms with E-state index in [-0.39, 0.29) is 23.0 Å². The van der Waals surface area contributed by atoms with Gasteiger partial charge in [-0.3, -0.25) is 14.9 Å². The third-order valence-corrected chi connectivity index (χ3v) is 2.64. The zero-order valence-electron chi connectivity index (χ0n) is 9.72. The number of anilines is 1. The third-order valence-electron chi connectivity index (χ3n) is 2.33. The Labute approximate surface area is 109 Å². The molecule has 0 aromatic heterocycles. The first-order valence-electron chi connectivity index (χ1n) is 5.29. The van der Waals surface area contributed by atoms with Crippen molar-refractivity contribution in [2.75, 3.05) is 11.9 Å². The molecule has 0 aliphatic heterocycles. The Bertz CT molecular complexity index is 464. The van der Waals surface area contributed by atoms with Crippen molar-refractivity contribution in [3.63, 3.8) is 0 Å². The monoisotopic (exact) mass is 272 g/mol. The molecule has 0 saturated carbocycles. The lowest BCUT2D eigenvalue weighted by Crippen LogP contribution is -2.15. The molecule has 0 aliphatic rings. The number of nitro benzene ring substituents is 1. The predicted molar refractivity (Wildman–Crippen MR) is 68.0 cm³/mol. The largest absolute Gasteiger partial charge is 0.481 e. The Balaban J connectivity index is 2.63. The molecule has 0 aliphatic carbocycles. The van der Waals surface area contributed by atoms with Crippen LogP contribution in [0.4, 0.5) is 11.4 Å². The van der Waals surface area contributed by atoms with E-state index in [4.69, 9.17) is 16.7 Å². The van der Waals surface area contributed by atoms with Crippen molar-refractivity contribution in [3.05, 3.63) is 33.3 Å². The van der Waals surface area contributed by atoms with Gasteiger partial charge >= 0.3 is 5.97 Å². The van der Waals surface area contributed by atoms with Crippen LogP contribution in [0.3, 0.4) is 0 Å². The van der Waals surface area contributed by atoms with Crippen molar-refractivity contribution in [2.24, 2.45) is 5.92 Å². The van der Waals surface area contributed by atoms with E-state index in [1.807, 2.05) is 0 Å². The number of hydrogen-bond donors (Lipinski definition) is 2. The molecular weight excluding hydrogens is 260 g/mol. The summed E-state index contributed by atoms with van der Waals surface area (Å²) in [6, 6.07) is 4.11. The van der Waals surface area contributed by atoms with Gasteiger partial charge < -0.3 is 10.4 Å². The maximum Gasteiger partial charge on any atom is 0.303 e. The lowest BCUT2D eigenvalue weighted by atomic mass is 10.1. The van der Waals surface area contributed by atoms with Gasteiger partial charge in [-0.2, -0.15) is 0 Å². The van der Waals surface area contributed by atoms with Crippen LogP contribution in [-0.4, -0.2) is 22.5 Å². The van der Waals surface area contributed by atoms with Crippen LogP contribution in [0.5, 0.6) is 0 Å². The fourth-order valence-corrected chi connectivity index (χ4v) is 1.66. The lowest BCUT2D eigenvalue weighted by Gasteiger charge is -2.12. The normalized spacial score (nSPS) is 11.9. The highest BCUT2D eigenvalue weighted by Gasteiger charge is 2.11. The highest BCUT2D eigenvalue weighted by molar-refractivity contribution is 6.33. The van der Waals surface area contributed by atoms with Gasteiger partial charge in [-0.15, -0.1) is 0 Å². The maximum absolute atomic E-state index is 10.5. The number of non-ortho nitro benzene ring substituents is 1. The summed E-state index contributed by atoms with van der Waals surface area (Å²) in [4.78, 5) is 20.5. The average Bonchev–Trinajstić information content (AvgIpc) is 2.26. The van der Waals surface area contributed by atoms with Gasteiger partial charge in [0, 0.05) is 25.1 Å². The molecule has 1 rings (SSSR count). The Kier molecular flexibility index (Phi) is 4.91. The van der Waals surface area contributed by atoms with Gasteiger partial charge in [-0.05, 0) is 12.0 Å². The van der Waals surface area contributed by atoms with Crippen molar-refractivity contribution in [3.8, 4) is 0 Å². The van der Waals surface area contributed by atoms with Crippen molar-refractivity contribution in [2.45, 2.75) is 13.3 Å². The molecule has 0 saturated heterocycles. The highest BCUT2D eigenvalue weighted by atomic mass is 35.5. The predicted octanol–water partition coefficient (Wildman–Crippen LogP) is 2.77. The molecule has 1 atom stereocenters. The van der Waals surface area contributed by atoms with Crippen LogP contribution in [-0.2, 0) is 4.79 Å². The van der Waals surface area contributed by atoms with Gasteiger partial charge in [0.25, 0.3) is 5.69 Å². The number of carboxylic acid groups (broad SMARTS) is 1. The first-order chi connectivity index (χ1) is 8.40. The Morgan fingerprint density at radius 3 is 2.78 bits per heavy atom. The van der Waals surface area contributed by atoms with Gasteiger partial charge in [0.05, 0.1) is 15.6 Å². The van der Waals surface area contributed by atoms with Crippen LogP contribution in [0.15, 0.2) is 18.2 Å². The fourth-order valence-electron chi connectivity index (χ4n) is 1.42. The number of carboxylic acids is 1. The number of halogens is 1. The van der Waals surface area contributed by atoms with E-state index in [0.29, 0.717) is 12.2 Å². The average molecular weight is 273 g/mol. The quantitative estimate of drug-likeness (QED) is 0.613. The number of rotatable bonds is 6. The number of nitrogens with one attached hydrogen (secondary N) is 1. The summed E-state index contributed by atoms with van der Waals surface area (Å²) in [5.41, 5.74) is 0.476. The minimum absolute atomic E-state index is 0.0532. The molecular formula is C11H13ClN2O4. The summed E-state index contributed by atoms with van der Waals surface area (Å²) in [5, 5.41) is 22.3. The van der Waals surface area contributed by atoms with E-state index in [0.717, 1.165) is 0 Å². The summed E-state index contributed by atoms with van der Waals surface area (Å²) in [7, 11) is 0. The number of benzene rings is 1. The first-order valence-corrected chi connectivity index (χ1v) is 5.67. The molecule has 7 heteroatoms. The van der Waals surface area contributed by atoms with Crippen molar-refractivity contribution in [1.29, 1.82) is 0 Å². The van der Waals surface area contributed by atoms with Crippen molar-refractivity contribution < 1.29 is 14.8 Å². The van der Waals surface area contributed by atoms with Crippen LogP contribution in [0.25, 0.3) is 0 Å². The SMILES string of the molecule is CC(CNc1ccc([N+](=O)[O-])cc1Cl)CC(=O)O. The lowest BCUT2D eigenvalue weighted by molar-refractivity contribution is -0.384. The molecule has 98 valence electrons. The minimum atomic E-state index is -0.862. The second-order valence-electron chi connectivity index (χ2n) is 4.01. The molecule has 0 bridgehead atoms. The van der Waals surface area contributed by atoms with E-state index >= 15 is 0 Å². The van der Waals surface area contributed by atoms with E-state index in [1.54, 1.807) is 6.92 Å². The Hall–Kier alpha value is -1.82. The van der Waals surface area contributed by atoms with Crippen LogP contribution < -0.4 is 5.32 Å². The van der Waals surface area contributed by atoms with Gasteiger partial charge in [0.1, 0.15) is 0 Å². The molecule has 0 radical (unpaired) electrons. The summed E-state index contributed by atoms with van der Waals surface area (Å²) in [6.07, 6.45) is 0.0532.